The lowest BCUT2D eigenvalue weighted by atomic mass is 10.3. The summed E-state index contributed by atoms with van der Waals surface area (Å²) in [5.41, 5.74) is 3.79. The highest BCUT2D eigenvalue weighted by Crippen LogP contribution is 2.03. The topological polar surface area (TPSA) is 17.1 Å². The Bertz CT molecular complexity index is 162. The van der Waals surface area contributed by atoms with Crippen molar-refractivity contribution < 1.29 is 4.79 Å². The lowest BCUT2D eigenvalue weighted by Crippen LogP contribution is -1.89. The molecule has 1 nitrogen and oxygen atoms in total. The van der Waals surface area contributed by atoms with Gasteiger partial charge >= 0.3 is 0 Å². The van der Waals surface area contributed by atoms with Gasteiger partial charge in [-0.1, -0.05) is 18.0 Å². The van der Waals surface area contributed by atoms with E-state index in [1.807, 2.05) is 0 Å². The van der Waals surface area contributed by atoms with Crippen LogP contribution in [-0.2, 0) is 4.79 Å². The molecule has 0 bridgehead atoms. The molecule has 0 saturated heterocycles. The molecule has 0 radical (unpaired) electrons. The van der Waals surface area contributed by atoms with Gasteiger partial charge in [0, 0.05) is 15.9 Å². The smallest absolute Gasteiger partial charge is 0.221 e. The van der Waals surface area contributed by atoms with Crippen LogP contribution in [0.25, 0.3) is 0 Å². The van der Waals surface area contributed by atoms with Crippen molar-refractivity contribution in [3.8, 4) is 0 Å². The molecule has 0 saturated carbocycles. The van der Waals surface area contributed by atoms with Gasteiger partial charge in [0.15, 0.2) is 0 Å². The number of carbonyl (C=O) groups excluding carboxylic acids is 1. The van der Waals surface area contributed by atoms with Crippen molar-refractivity contribution in [3.63, 3.8) is 0 Å². The first-order valence-corrected chi connectivity index (χ1v) is 6.64. The monoisotopic (exact) mass is 204 g/mol. The van der Waals surface area contributed by atoms with Crippen molar-refractivity contribution in [1.29, 1.82) is 0 Å². The number of halogens is 1. The summed E-state index contributed by atoms with van der Waals surface area (Å²) < 4.78 is 0. The standard InChI is InChI=1S/C9H17ClOSi/c1-8(2)7-12-6-4-3-5-9(10)11/h7H,3-6,12H2,1-2H3. The fraction of sp³-hybridized carbons (Fsp3) is 0.667. The molecule has 0 aromatic heterocycles. The molecule has 0 spiro atoms. The second-order valence-electron chi connectivity index (χ2n) is 3.24. The van der Waals surface area contributed by atoms with E-state index in [4.69, 9.17) is 11.6 Å². The molecule has 3 heteroatoms. The molecule has 0 amide bonds. The fourth-order valence-corrected chi connectivity index (χ4v) is 2.53. The first-order chi connectivity index (χ1) is 5.63. The summed E-state index contributed by atoms with van der Waals surface area (Å²) in [6, 6.07) is 1.30. The largest absolute Gasteiger partial charge is 0.281 e. The summed E-state index contributed by atoms with van der Waals surface area (Å²) in [4.78, 5) is 10.3. The molecule has 0 unspecified atom stereocenters. The van der Waals surface area contributed by atoms with E-state index in [1.54, 1.807) is 0 Å². The molecule has 0 aliphatic heterocycles. The molecular weight excluding hydrogens is 188 g/mol. The summed E-state index contributed by atoms with van der Waals surface area (Å²) in [6.45, 7) is 4.27. The molecule has 0 N–H and O–H groups in total. The lowest BCUT2D eigenvalue weighted by Gasteiger charge is -1.94. The zero-order valence-electron chi connectivity index (χ0n) is 7.90. The van der Waals surface area contributed by atoms with Gasteiger partial charge in [0.2, 0.25) is 5.24 Å². The number of unbranched alkanes of at least 4 members (excludes halogenated alkanes) is 1. The van der Waals surface area contributed by atoms with Crippen LogP contribution in [0, 0.1) is 0 Å². The van der Waals surface area contributed by atoms with Gasteiger partial charge in [-0.25, -0.2) is 0 Å². The van der Waals surface area contributed by atoms with Crippen molar-refractivity contribution in [2.45, 2.75) is 39.2 Å². The number of carbonyl (C=O) groups is 1. The average molecular weight is 205 g/mol. The third-order valence-corrected chi connectivity index (χ3v) is 3.83. The average Bonchev–Trinajstić information content (AvgIpc) is 1.95. The van der Waals surface area contributed by atoms with Crippen LogP contribution in [0.3, 0.4) is 0 Å². The second-order valence-corrected chi connectivity index (χ2v) is 5.35. The highest BCUT2D eigenvalue weighted by molar-refractivity contribution is 6.63. The van der Waals surface area contributed by atoms with E-state index in [0.29, 0.717) is 6.42 Å². The Morgan fingerprint density at radius 2 is 2.08 bits per heavy atom. The van der Waals surface area contributed by atoms with Gasteiger partial charge < -0.3 is 0 Å². The van der Waals surface area contributed by atoms with Gasteiger partial charge in [-0.05, 0) is 31.9 Å². The third-order valence-electron chi connectivity index (χ3n) is 1.63. The van der Waals surface area contributed by atoms with Crippen LogP contribution >= 0.6 is 11.6 Å². The predicted molar refractivity (Wildman–Crippen MR) is 57.5 cm³/mol. The third kappa shape index (κ3) is 9.92. The molecule has 0 aromatic carbocycles. The number of allylic oxidation sites excluding steroid dienone is 1. The van der Waals surface area contributed by atoms with Crippen LogP contribution in [0.15, 0.2) is 11.3 Å². The van der Waals surface area contributed by atoms with Crippen molar-refractivity contribution >= 4 is 26.4 Å². The molecule has 0 fully saturated rings. The first-order valence-electron chi connectivity index (χ1n) is 4.44. The van der Waals surface area contributed by atoms with E-state index in [1.165, 1.54) is 11.6 Å². The molecule has 0 aliphatic rings. The number of rotatable bonds is 6. The van der Waals surface area contributed by atoms with Gasteiger partial charge in [-0.3, -0.25) is 4.79 Å². The summed E-state index contributed by atoms with van der Waals surface area (Å²) in [6.07, 6.45) is 2.67. The molecule has 70 valence electrons. The molecule has 0 atom stereocenters. The maximum absolute atomic E-state index is 10.3. The number of hydrogen-bond acceptors (Lipinski definition) is 1. The zero-order chi connectivity index (χ0) is 9.40. The van der Waals surface area contributed by atoms with Crippen LogP contribution in [0.1, 0.15) is 33.1 Å². The van der Waals surface area contributed by atoms with Gasteiger partial charge in [0.05, 0.1) is 0 Å². The summed E-state index contributed by atoms with van der Waals surface area (Å²) in [5, 5.41) is -0.195. The summed E-state index contributed by atoms with van der Waals surface area (Å²) in [7, 11) is 0.00253. The first kappa shape index (κ1) is 11.9. The van der Waals surface area contributed by atoms with E-state index >= 15 is 0 Å². The van der Waals surface area contributed by atoms with Gasteiger partial charge in [-0.15, -0.1) is 5.70 Å². The van der Waals surface area contributed by atoms with Crippen LogP contribution in [-0.4, -0.2) is 14.8 Å². The predicted octanol–water partition coefficient (Wildman–Crippen LogP) is 2.43. The Morgan fingerprint density at radius 1 is 1.42 bits per heavy atom. The van der Waals surface area contributed by atoms with Gasteiger partial charge in [0.25, 0.3) is 0 Å². The number of hydrogen-bond donors (Lipinski definition) is 0. The van der Waals surface area contributed by atoms with Crippen LogP contribution in [0.4, 0.5) is 0 Å². The minimum absolute atomic E-state index is 0.00253. The summed E-state index contributed by atoms with van der Waals surface area (Å²) >= 11 is 5.20. The molecule has 0 aromatic rings. The highest BCUT2D eigenvalue weighted by Gasteiger charge is 1.94. The van der Waals surface area contributed by atoms with Gasteiger partial charge in [0.1, 0.15) is 0 Å². The normalized spacial score (nSPS) is 10.6. The Hall–Kier alpha value is -0.0831. The minimum Gasteiger partial charge on any atom is -0.281 e. The fourth-order valence-electron chi connectivity index (χ4n) is 0.976. The molecular formula is C9H17ClOSi. The summed E-state index contributed by atoms with van der Waals surface area (Å²) in [5.74, 6) is 0. The van der Waals surface area contributed by atoms with E-state index < -0.39 is 0 Å². The molecule has 12 heavy (non-hydrogen) atoms. The quantitative estimate of drug-likeness (QED) is 0.369. The van der Waals surface area contributed by atoms with Crippen molar-refractivity contribution in [2.75, 3.05) is 0 Å². The minimum atomic E-state index is -0.195. The van der Waals surface area contributed by atoms with Crippen LogP contribution in [0.5, 0.6) is 0 Å². The molecule has 0 rings (SSSR count). The van der Waals surface area contributed by atoms with Gasteiger partial charge in [-0.2, -0.15) is 0 Å². The van der Waals surface area contributed by atoms with E-state index in [-0.39, 0.29) is 14.8 Å². The van der Waals surface area contributed by atoms with Crippen LogP contribution < -0.4 is 0 Å². The van der Waals surface area contributed by atoms with Crippen LogP contribution in [0.2, 0.25) is 6.04 Å². The van der Waals surface area contributed by atoms with Crippen molar-refractivity contribution in [3.05, 3.63) is 11.3 Å². The highest BCUT2D eigenvalue weighted by atomic mass is 35.5. The lowest BCUT2D eigenvalue weighted by molar-refractivity contribution is -0.111. The second kappa shape index (κ2) is 7.56. The molecule has 0 heterocycles. The Labute approximate surface area is 82.0 Å². The van der Waals surface area contributed by atoms with E-state index in [9.17, 15) is 4.79 Å². The van der Waals surface area contributed by atoms with E-state index in [2.05, 4.69) is 19.5 Å². The Balaban J connectivity index is 3.11. The zero-order valence-corrected chi connectivity index (χ0v) is 10.1. The van der Waals surface area contributed by atoms with Crippen molar-refractivity contribution in [2.24, 2.45) is 0 Å². The maximum Gasteiger partial charge on any atom is 0.221 e. The van der Waals surface area contributed by atoms with Crippen molar-refractivity contribution in [1.82, 2.24) is 0 Å². The Morgan fingerprint density at radius 3 is 2.58 bits per heavy atom. The van der Waals surface area contributed by atoms with E-state index in [0.717, 1.165) is 12.8 Å². The molecule has 0 aliphatic carbocycles. The maximum atomic E-state index is 10.3. The Kier molecular flexibility index (Phi) is 7.51. The SMILES string of the molecule is CC(C)=C[SiH2]CCCCC(=O)Cl.